The van der Waals surface area contributed by atoms with E-state index in [9.17, 15) is 0 Å². The fourth-order valence-corrected chi connectivity index (χ4v) is 2.13. The van der Waals surface area contributed by atoms with Crippen molar-refractivity contribution >= 4 is 0 Å². The number of nitrogens with one attached hydrogen (secondary N) is 1. The number of hydrogen-bond donors (Lipinski definition) is 1. The first-order valence-electron chi connectivity index (χ1n) is 5.55. The van der Waals surface area contributed by atoms with E-state index in [1.165, 1.54) is 37.7 Å². The van der Waals surface area contributed by atoms with Crippen LogP contribution in [0, 0.1) is 0 Å². The van der Waals surface area contributed by atoms with Gasteiger partial charge in [-0.2, -0.15) is 5.10 Å². The van der Waals surface area contributed by atoms with Gasteiger partial charge in [-0.1, -0.05) is 19.3 Å². The van der Waals surface area contributed by atoms with Gasteiger partial charge >= 0.3 is 0 Å². The quantitative estimate of drug-likeness (QED) is 0.794. The van der Waals surface area contributed by atoms with Crippen LogP contribution in [0.2, 0.25) is 0 Å². The average Bonchev–Trinajstić information content (AvgIpc) is 2.63. The van der Waals surface area contributed by atoms with Crippen LogP contribution >= 0.6 is 0 Å². The van der Waals surface area contributed by atoms with Crippen LogP contribution in [0.1, 0.15) is 37.7 Å². The molecule has 3 nitrogen and oxygen atoms in total. The number of nitrogens with zero attached hydrogens (tertiary/aromatic N) is 2. The molecule has 1 aromatic rings. The molecule has 0 unspecified atom stereocenters. The molecule has 2 rings (SSSR count). The van der Waals surface area contributed by atoms with Crippen molar-refractivity contribution in [2.24, 2.45) is 7.05 Å². The summed E-state index contributed by atoms with van der Waals surface area (Å²) >= 11 is 0. The summed E-state index contributed by atoms with van der Waals surface area (Å²) in [5, 5.41) is 7.75. The van der Waals surface area contributed by atoms with Crippen molar-refractivity contribution in [3.05, 3.63) is 18.0 Å². The van der Waals surface area contributed by atoms with Crippen LogP contribution < -0.4 is 5.32 Å². The van der Waals surface area contributed by atoms with E-state index in [1.807, 2.05) is 17.9 Å². The van der Waals surface area contributed by atoms with Crippen molar-refractivity contribution in [1.29, 1.82) is 0 Å². The van der Waals surface area contributed by atoms with Gasteiger partial charge in [-0.3, -0.25) is 4.68 Å². The predicted octanol–water partition coefficient (Wildman–Crippen LogP) is 1.84. The highest BCUT2D eigenvalue weighted by molar-refractivity contribution is 5.03. The Morgan fingerprint density at radius 1 is 1.43 bits per heavy atom. The number of aryl methyl sites for hydroxylation is 1. The zero-order chi connectivity index (χ0) is 9.80. The molecule has 0 atom stereocenters. The molecule has 0 saturated heterocycles. The van der Waals surface area contributed by atoms with Crippen molar-refractivity contribution in [3.8, 4) is 0 Å². The van der Waals surface area contributed by atoms with Crippen LogP contribution in [0.5, 0.6) is 0 Å². The van der Waals surface area contributed by atoms with Gasteiger partial charge in [0.2, 0.25) is 0 Å². The molecule has 1 aliphatic carbocycles. The molecule has 0 aromatic carbocycles. The molecule has 1 fully saturated rings. The molecule has 1 aliphatic rings. The van der Waals surface area contributed by atoms with Gasteiger partial charge in [0.1, 0.15) is 0 Å². The van der Waals surface area contributed by atoms with Gasteiger partial charge in [-0.05, 0) is 12.8 Å². The Kier molecular flexibility index (Phi) is 3.19. The molecule has 0 bridgehead atoms. The fraction of sp³-hybridized carbons (Fsp3) is 0.727. The maximum atomic E-state index is 4.16. The standard InChI is InChI=1S/C11H19N3/c1-14-9-10(8-13-14)7-12-11-5-3-2-4-6-11/h8-9,11-12H,2-7H2,1H3. The third-order valence-corrected chi connectivity index (χ3v) is 2.96. The van der Waals surface area contributed by atoms with Gasteiger partial charge in [0, 0.05) is 31.4 Å². The Balaban J connectivity index is 1.76. The lowest BCUT2D eigenvalue weighted by molar-refractivity contribution is 0.372. The van der Waals surface area contributed by atoms with E-state index in [-0.39, 0.29) is 0 Å². The van der Waals surface area contributed by atoms with Crippen molar-refractivity contribution in [3.63, 3.8) is 0 Å². The molecule has 1 N–H and O–H groups in total. The van der Waals surface area contributed by atoms with E-state index in [2.05, 4.69) is 16.6 Å². The van der Waals surface area contributed by atoms with Crippen LogP contribution in [0.4, 0.5) is 0 Å². The summed E-state index contributed by atoms with van der Waals surface area (Å²) in [5.74, 6) is 0. The Bertz CT molecular complexity index is 274. The third kappa shape index (κ3) is 2.58. The second-order valence-corrected chi connectivity index (χ2v) is 4.24. The van der Waals surface area contributed by atoms with E-state index in [0.717, 1.165) is 12.6 Å². The molecule has 14 heavy (non-hydrogen) atoms. The Morgan fingerprint density at radius 3 is 2.86 bits per heavy atom. The van der Waals surface area contributed by atoms with E-state index in [1.54, 1.807) is 0 Å². The fourth-order valence-electron chi connectivity index (χ4n) is 2.13. The smallest absolute Gasteiger partial charge is 0.0534 e. The minimum atomic E-state index is 0.740. The van der Waals surface area contributed by atoms with E-state index >= 15 is 0 Å². The number of aromatic nitrogens is 2. The van der Waals surface area contributed by atoms with Gasteiger partial charge in [0.15, 0.2) is 0 Å². The highest BCUT2D eigenvalue weighted by atomic mass is 15.2. The largest absolute Gasteiger partial charge is 0.310 e. The highest BCUT2D eigenvalue weighted by Gasteiger charge is 2.12. The lowest BCUT2D eigenvalue weighted by Gasteiger charge is -2.22. The first-order valence-corrected chi connectivity index (χ1v) is 5.55. The summed E-state index contributed by atoms with van der Waals surface area (Å²) in [6.07, 6.45) is 10.9. The minimum Gasteiger partial charge on any atom is -0.310 e. The number of hydrogen-bond acceptors (Lipinski definition) is 2. The molecule has 78 valence electrons. The maximum Gasteiger partial charge on any atom is 0.0534 e. The maximum absolute atomic E-state index is 4.16. The highest BCUT2D eigenvalue weighted by Crippen LogP contribution is 2.17. The number of rotatable bonds is 3. The molecule has 0 aliphatic heterocycles. The van der Waals surface area contributed by atoms with Crippen molar-refractivity contribution in [2.45, 2.75) is 44.7 Å². The molecule has 1 aromatic heterocycles. The van der Waals surface area contributed by atoms with Crippen LogP contribution in [-0.4, -0.2) is 15.8 Å². The van der Waals surface area contributed by atoms with E-state index in [4.69, 9.17) is 0 Å². The molecular formula is C11H19N3. The topological polar surface area (TPSA) is 29.9 Å². The molecule has 0 amide bonds. The lowest BCUT2D eigenvalue weighted by Crippen LogP contribution is -2.30. The molecule has 3 heteroatoms. The van der Waals surface area contributed by atoms with Gasteiger partial charge in [-0.25, -0.2) is 0 Å². The van der Waals surface area contributed by atoms with Gasteiger partial charge in [0.25, 0.3) is 0 Å². The molecule has 0 spiro atoms. The third-order valence-electron chi connectivity index (χ3n) is 2.96. The molecule has 1 saturated carbocycles. The lowest BCUT2D eigenvalue weighted by atomic mass is 9.95. The summed E-state index contributed by atoms with van der Waals surface area (Å²) in [7, 11) is 1.96. The average molecular weight is 193 g/mol. The van der Waals surface area contributed by atoms with Gasteiger partial charge < -0.3 is 5.32 Å². The van der Waals surface area contributed by atoms with Gasteiger partial charge in [0.05, 0.1) is 6.20 Å². The van der Waals surface area contributed by atoms with E-state index in [0.29, 0.717) is 0 Å². The van der Waals surface area contributed by atoms with Crippen molar-refractivity contribution in [2.75, 3.05) is 0 Å². The summed E-state index contributed by atoms with van der Waals surface area (Å²) in [5.41, 5.74) is 1.29. The van der Waals surface area contributed by atoms with Crippen molar-refractivity contribution in [1.82, 2.24) is 15.1 Å². The van der Waals surface area contributed by atoms with Crippen LogP contribution in [0.25, 0.3) is 0 Å². The zero-order valence-electron chi connectivity index (χ0n) is 8.87. The first-order chi connectivity index (χ1) is 6.84. The Morgan fingerprint density at radius 2 is 2.21 bits per heavy atom. The van der Waals surface area contributed by atoms with E-state index < -0.39 is 0 Å². The van der Waals surface area contributed by atoms with Crippen molar-refractivity contribution < 1.29 is 0 Å². The van der Waals surface area contributed by atoms with Crippen LogP contribution in [0.15, 0.2) is 12.4 Å². The molecular weight excluding hydrogens is 174 g/mol. The summed E-state index contributed by atoms with van der Waals surface area (Å²) in [4.78, 5) is 0. The predicted molar refractivity (Wildman–Crippen MR) is 56.9 cm³/mol. The first kappa shape index (κ1) is 9.71. The summed E-state index contributed by atoms with van der Waals surface area (Å²) < 4.78 is 1.86. The Labute approximate surface area is 85.5 Å². The normalized spacial score (nSPS) is 18.6. The summed E-state index contributed by atoms with van der Waals surface area (Å²) in [6.45, 7) is 0.971. The zero-order valence-corrected chi connectivity index (χ0v) is 8.87. The second-order valence-electron chi connectivity index (χ2n) is 4.24. The summed E-state index contributed by atoms with van der Waals surface area (Å²) in [6, 6.07) is 0.740. The molecule has 0 radical (unpaired) electrons. The van der Waals surface area contributed by atoms with Crippen LogP contribution in [0.3, 0.4) is 0 Å². The van der Waals surface area contributed by atoms with Crippen LogP contribution in [-0.2, 0) is 13.6 Å². The molecule has 1 heterocycles. The minimum absolute atomic E-state index is 0.740. The monoisotopic (exact) mass is 193 g/mol. The Hall–Kier alpha value is -0.830. The SMILES string of the molecule is Cn1cc(CNC2CCCCC2)cn1. The van der Waals surface area contributed by atoms with Gasteiger partial charge in [-0.15, -0.1) is 0 Å². The second kappa shape index (κ2) is 4.60.